The summed E-state index contributed by atoms with van der Waals surface area (Å²) >= 11 is 1.75. The average molecular weight is 255 g/mol. The Morgan fingerprint density at radius 2 is 2.29 bits per heavy atom. The van der Waals surface area contributed by atoms with E-state index in [1.54, 1.807) is 17.8 Å². The van der Waals surface area contributed by atoms with E-state index in [1.807, 2.05) is 0 Å². The molecule has 0 aromatic carbocycles. The molecule has 17 heavy (non-hydrogen) atoms. The Morgan fingerprint density at radius 1 is 1.53 bits per heavy atom. The van der Waals surface area contributed by atoms with Crippen LogP contribution in [-0.2, 0) is 12.3 Å². The van der Waals surface area contributed by atoms with Crippen LogP contribution in [0.5, 0.6) is 0 Å². The monoisotopic (exact) mass is 255 g/mol. The fraction of sp³-hybridized carbons (Fsp3) is 0.667. The van der Waals surface area contributed by atoms with Crippen molar-refractivity contribution >= 4 is 11.8 Å². The smallest absolute Gasteiger partial charge is 0.251 e. The molecule has 0 aliphatic heterocycles. The van der Waals surface area contributed by atoms with Crippen LogP contribution in [0.4, 0.5) is 0 Å². The molecular weight excluding hydrogens is 234 g/mol. The molecule has 1 rings (SSSR count). The van der Waals surface area contributed by atoms with E-state index in [4.69, 9.17) is 0 Å². The highest BCUT2D eigenvalue weighted by Gasteiger charge is 2.02. The first-order chi connectivity index (χ1) is 8.11. The fourth-order valence-electron chi connectivity index (χ4n) is 1.41. The largest absolute Gasteiger partial charge is 0.311 e. The summed E-state index contributed by atoms with van der Waals surface area (Å²) in [6.07, 6.45) is 0. The van der Waals surface area contributed by atoms with Gasteiger partial charge in [0.05, 0.1) is 11.4 Å². The van der Waals surface area contributed by atoms with E-state index < -0.39 is 0 Å². The van der Waals surface area contributed by atoms with Gasteiger partial charge in [-0.05, 0) is 18.2 Å². The number of thioether (sulfide) groups is 1. The maximum absolute atomic E-state index is 11.4. The van der Waals surface area contributed by atoms with Gasteiger partial charge in [0.25, 0.3) is 5.56 Å². The molecule has 0 unspecified atom stereocenters. The predicted molar refractivity (Wildman–Crippen MR) is 73.2 cm³/mol. The van der Waals surface area contributed by atoms with Crippen LogP contribution >= 0.6 is 11.8 Å². The van der Waals surface area contributed by atoms with E-state index in [-0.39, 0.29) is 5.56 Å². The second-order valence-electron chi connectivity index (χ2n) is 4.35. The van der Waals surface area contributed by atoms with Crippen molar-refractivity contribution in [3.63, 3.8) is 0 Å². The van der Waals surface area contributed by atoms with Crippen LogP contribution in [0.15, 0.2) is 10.9 Å². The molecular formula is C12H21N3OS. The summed E-state index contributed by atoms with van der Waals surface area (Å²) in [7, 11) is 0. The van der Waals surface area contributed by atoms with Crippen molar-refractivity contribution in [2.24, 2.45) is 5.92 Å². The van der Waals surface area contributed by atoms with Crippen LogP contribution in [0.3, 0.4) is 0 Å². The molecule has 5 heteroatoms. The molecule has 1 heterocycles. The lowest BCUT2D eigenvalue weighted by molar-refractivity contribution is 0.547. The molecule has 4 nitrogen and oxygen atoms in total. The van der Waals surface area contributed by atoms with Crippen molar-refractivity contribution in [3.05, 3.63) is 27.9 Å². The topological polar surface area (TPSA) is 57.8 Å². The van der Waals surface area contributed by atoms with Crippen LogP contribution in [-0.4, -0.2) is 22.3 Å². The number of hydrogen-bond donors (Lipinski definition) is 2. The number of rotatable bonds is 7. The van der Waals surface area contributed by atoms with Gasteiger partial charge in [0.2, 0.25) is 0 Å². The van der Waals surface area contributed by atoms with Crippen molar-refractivity contribution in [1.29, 1.82) is 0 Å². The number of nitrogens with one attached hydrogen (secondary N) is 2. The van der Waals surface area contributed by atoms with E-state index >= 15 is 0 Å². The minimum Gasteiger partial charge on any atom is -0.311 e. The van der Waals surface area contributed by atoms with Crippen LogP contribution < -0.4 is 10.9 Å². The zero-order valence-corrected chi connectivity index (χ0v) is 11.6. The Labute approximate surface area is 107 Å². The molecule has 0 saturated heterocycles. The zero-order valence-electron chi connectivity index (χ0n) is 10.7. The molecule has 0 spiro atoms. The van der Waals surface area contributed by atoms with Crippen LogP contribution in [0, 0.1) is 5.92 Å². The van der Waals surface area contributed by atoms with Gasteiger partial charge in [-0.25, -0.2) is 4.98 Å². The van der Waals surface area contributed by atoms with Gasteiger partial charge in [0.1, 0.15) is 5.82 Å². The van der Waals surface area contributed by atoms with Crippen molar-refractivity contribution in [2.45, 2.75) is 33.1 Å². The average Bonchev–Trinajstić information content (AvgIpc) is 2.25. The minimum absolute atomic E-state index is 0.0620. The fourth-order valence-corrected chi connectivity index (χ4v) is 1.94. The summed E-state index contributed by atoms with van der Waals surface area (Å²) in [6.45, 7) is 8.00. The number of aromatic amines is 1. The third-order valence-corrected chi connectivity index (χ3v) is 3.03. The molecule has 2 N–H and O–H groups in total. The van der Waals surface area contributed by atoms with Gasteiger partial charge < -0.3 is 10.3 Å². The number of aromatic nitrogens is 2. The van der Waals surface area contributed by atoms with Gasteiger partial charge in [-0.1, -0.05) is 20.8 Å². The molecule has 0 aliphatic carbocycles. The van der Waals surface area contributed by atoms with Gasteiger partial charge in [0.15, 0.2) is 0 Å². The van der Waals surface area contributed by atoms with Gasteiger partial charge in [0, 0.05) is 12.6 Å². The molecule has 0 amide bonds. The van der Waals surface area contributed by atoms with Gasteiger partial charge in [-0.15, -0.1) is 0 Å². The van der Waals surface area contributed by atoms with E-state index in [0.717, 1.165) is 29.6 Å². The molecule has 0 atom stereocenters. The first-order valence-corrected chi connectivity index (χ1v) is 7.15. The van der Waals surface area contributed by atoms with Crippen molar-refractivity contribution in [2.75, 3.05) is 12.3 Å². The molecule has 0 fully saturated rings. The zero-order chi connectivity index (χ0) is 12.7. The van der Waals surface area contributed by atoms with Gasteiger partial charge in [-0.3, -0.25) is 4.79 Å². The van der Waals surface area contributed by atoms with E-state index in [0.29, 0.717) is 12.5 Å². The summed E-state index contributed by atoms with van der Waals surface area (Å²) < 4.78 is 0. The Hall–Kier alpha value is -0.810. The van der Waals surface area contributed by atoms with Crippen LogP contribution in [0.1, 0.15) is 32.3 Å². The lowest BCUT2D eigenvalue weighted by Crippen LogP contribution is -2.22. The minimum atomic E-state index is -0.0620. The Balaban J connectivity index is 2.59. The van der Waals surface area contributed by atoms with E-state index in [2.05, 4.69) is 36.1 Å². The standard InChI is InChI=1S/C12H21N3OS/c1-4-17-8-11-14-10(5-12(16)15-11)7-13-6-9(2)3/h5,9,13H,4,6-8H2,1-3H3,(H,14,15,16). The highest BCUT2D eigenvalue weighted by molar-refractivity contribution is 7.98. The van der Waals surface area contributed by atoms with Gasteiger partial charge in [-0.2, -0.15) is 11.8 Å². The Bertz CT molecular complexity index is 390. The number of hydrogen-bond acceptors (Lipinski definition) is 4. The second-order valence-corrected chi connectivity index (χ2v) is 5.62. The quantitative estimate of drug-likeness (QED) is 0.779. The normalized spacial score (nSPS) is 11.1. The summed E-state index contributed by atoms with van der Waals surface area (Å²) in [5.74, 6) is 3.17. The first kappa shape index (κ1) is 14.3. The summed E-state index contributed by atoms with van der Waals surface area (Å²) in [5.41, 5.74) is 0.758. The molecule has 96 valence electrons. The lowest BCUT2D eigenvalue weighted by Gasteiger charge is -2.07. The molecule has 1 aromatic rings. The number of H-pyrrole nitrogens is 1. The number of nitrogens with zero attached hydrogens (tertiary/aromatic N) is 1. The summed E-state index contributed by atoms with van der Waals surface area (Å²) in [4.78, 5) is 18.6. The molecule has 0 bridgehead atoms. The highest BCUT2D eigenvalue weighted by Crippen LogP contribution is 2.06. The van der Waals surface area contributed by atoms with Crippen LogP contribution in [0.25, 0.3) is 0 Å². The van der Waals surface area contributed by atoms with Crippen LogP contribution in [0.2, 0.25) is 0 Å². The van der Waals surface area contributed by atoms with Crippen molar-refractivity contribution in [3.8, 4) is 0 Å². The summed E-state index contributed by atoms with van der Waals surface area (Å²) in [6, 6.07) is 1.56. The lowest BCUT2D eigenvalue weighted by atomic mass is 10.2. The molecule has 0 radical (unpaired) electrons. The third-order valence-electron chi connectivity index (χ3n) is 2.15. The van der Waals surface area contributed by atoms with Crippen molar-refractivity contribution in [1.82, 2.24) is 15.3 Å². The third kappa shape index (κ3) is 5.89. The maximum atomic E-state index is 11.4. The maximum Gasteiger partial charge on any atom is 0.251 e. The van der Waals surface area contributed by atoms with Crippen molar-refractivity contribution < 1.29 is 0 Å². The highest BCUT2D eigenvalue weighted by atomic mass is 32.2. The molecule has 0 saturated carbocycles. The molecule has 0 aliphatic rings. The SMILES string of the molecule is CCSCc1nc(CNCC(C)C)cc(=O)[nH]1. The Kier molecular flexibility index (Phi) is 6.29. The van der Waals surface area contributed by atoms with E-state index in [9.17, 15) is 4.79 Å². The van der Waals surface area contributed by atoms with Gasteiger partial charge >= 0.3 is 0 Å². The first-order valence-electron chi connectivity index (χ1n) is 5.99. The molecule has 1 aromatic heterocycles. The summed E-state index contributed by atoms with van der Waals surface area (Å²) in [5, 5.41) is 3.29. The Morgan fingerprint density at radius 3 is 2.94 bits per heavy atom. The second kappa shape index (κ2) is 7.50. The van der Waals surface area contributed by atoms with E-state index in [1.165, 1.54) is 0 Å². The predicted octanol–water partition coefficient (Wildman–Crippen LogP) is 1.77.